The highest BCUT2D eigenvalue weighted by Gasteiger charge is 2.39. The van der Waals surface area contributed by atoms with Crippen LogP contribution in [-0.2, 0) is 9.59 Å². The van der Waals surface area contributed by atoms with E-state index < -0.39 is 35.7 Å². The molecule has 4 aromatic rings. The number of halogens is 1. The molecule has 218 valence electrons. The van der Waals surface area contributed by atoms with E-state index >= 15 is 0 Å². The van der Waals surface area contributed by atoms with Crippen molar-refractivity contribution in [2.75, 3.05) is 11.9 Å². The van der Waals surface area contributed by atoms with Gasteiger partial charge in [0.25, 0.3) is 0 Å². The molecule has 12 nitrogen and oxygen atoms in total. The average molecular weight is 600 g/mol. The van der Waals surface area contributed by atoms with E-state index in [1.807, 2.05) is 0 Å². The molecule has 3 aromatic carbocycles. The molecule has 0 spiro atoms. The second-order valence-corrected chi connectivity index (χ2v) is 10.3. The standard InChI is InChI=1S/C30H26ClN7O5/c31-22-10-13-25(38-17-33-35-36-38)21(16-22)9-14-26(39)37-15-1-2-24(18-3-5-19(6-4-18)28(32)40)27(37)29(41)34-23-11-7-20(8-12-23)30(42)43/h3-14,16-17,24,27H,1-2,15H2,(H2,32,40)(H,34,41)(H,42,43). The molecule has 2 unspecified atom stereocenters. The zero-order chi connectivity index (χ0) is 30.5. The Morgan fingerprint density at radius 3 is 2.37 bits per heavy atom. The molecule has 0 aliphatic carbocycles. The average Bonchev–Trinajstić information content (AvgIpc) is 3.55. The third-order valence-corrected chi connectivity index (χ3v) is 7.43. The van der Waals surface area contributed by atoms with Crippen LogP contribution >= 0.6 is 11.6 Å². The third-order valence-electron chi connectivity index (χ3n) is 7.20. The van der Waals surface area contributed by atoms with Crippen molar-refractivity contribution in [2.45, 2.75) is 24.8 Å². The summed E-state index contributed by atoms with van der Waals surface area (Å²) in [5.41, 5.74) is 8.15. The van der Waals surface area contributed by atoms with E-state index in [0.717, 1.165) is 5.56 Å². The number of carbonyl (C=O) groups excluding carboxylic acids is 3. The number of likely N-dealkylation sites (tertiary alicyclic amines) is 1. The molecule has 43 heavy (non-hydrogen) atoms. The highest BCUT2D eigenvalue weighted by Crippen LogP contribution is 2.34. The number of tetrazole rings is 1. The molecule has 5 rings (SSSR count). The largest absolute Gasteiger partial charge is 0.478 e. The Labute approximate surface area is 250 Å². The van der Waals surface area contributed by atoms with Gasteiger partial charge in [-0.05, 0) is 89.5 Å². The van der Waals surface area contributed by atoms with Crippen molar-refractivity contribution in [1.29, 1.82) is 0 Å². The maximum absolute atomic E-state index is 13.8. The zero-order valence-electron chi connectivity index (χ0n) is 22.6. The monoisotopic (exact) mass is 599 g/mol. The van der Waals surface area contributed by atoms with Gasteiger partial charge in [0.1, 0.15) is 12.4 Å². The molecule has 0 bridgehead atoms. The number of nitrogens with two attached hydrogens (primary N) is 1. The van der Waals surface area contributed by atoms with Gasteiger partial charge in [-0.1, -0.05) is 23.7 Å². The first kappa shape index (κ1) is 29.1. The smallest absolute Gasteiger partial charge is 0.335 e. The number of hydrogen-bond donors (Lipinski definition) is 3. The van der Waals surface area contributed by atoms with E-state index in [1.165, 1.54) is 46.3 Å². The number of carboxylic acid groups (broad SMARTS) is 1. The number of carbonyl (C=O) groups is 4. The quantitative estimate of drug-likeness (QED) is 0.258. The van der Waals surface area contributed by atoms with Gasteiger partial charge in [0.2, 0.25) is 17.7 Å². The van der Waals surface area contributed by atoms with Crippen molar-refractivity contribution >= 4 is 47.1 Å². The molecular weight excluding hydrogens is 574 g/mol. The number of piperidine rings is 1. The summed E-state index contributed by atoms with van der Waals surface area (Å²) in [5, 5.41) is 23.7. The number of carboxylic acids is 1. The molecule has 1 aliphatic rings. The van der Waals surface area contributed by atoms with Gasteiger partial charge in [-0.2, -0.15) is 4.68 Å². The van der Waals surface area contributed by atoms with Crippen molar-refractivity contribution in [1.82, 2.24) is 25.1 Å². The highest BCUT2D eigenvalue weighted by molar-refractivity contribution is 6.30. The summed E-state index contributed by atoms with van der Waals surface area (Å²) in [5.74, 6) is -2.89. The van der Waals surface area contributed by atoms with Crippen LogP contribution in [-0.4, -0.2) is 66.5 Å². The van der Waals surface area contributed by atoms with Crippen LogP contribution in [0.3, 0.4) is 0 Å². The summed E-state index contributed by atoms with van der Waals surface area (Å²) in [6.07, 6.45) is 5.63. The van der Waals surface area contributed by atoms with Gasteiger partial charge >= 0.3 is 5.97 Å². The lowest BCUT2D eigenvalue weighted by molar-refractivity contribution is -0.137. The van der Waals surface area contributed by atoms with Gasteiger partial charge < -0.3 is 21.1 Å². The first-order valence-electron chi connectivity index (χ1n) is 13.3. The van der Waals surface area contributed by atoms with Gasteiger partial charge in [-0.25, -0.2) is 4.79 Å². The summed E-state index contributed by atoms with van der Waals surface area (Å²) >= 11 is 6.22. The van der Waals surface area contributed by atoms with Gasteiger partial charge in [-0.3, -0.25) is 14.4 Å². The number of anilines is 1. The Hall–Kier alpha value is -5.36. The van der Waals surface area contributed by atoms with E-state index in [0.29, 0.717) is 46.9 Å². The number of rotatable bonds is 8. The maximum Gasteiger partial charge on any atom is 0.335 e. The van der Waals surface area contributed by atoms with Gasteiger partial charge in [0.05, 0.1) is 11.3 Å². The van der Waals surface area contributed by atoms with Crippen LogP contribution in [0.5, 0.6) is 0 Å². The molecule has 1 saturated heterocycles. The van der Waals surface area contributed by atoms with Crippen molar-refractivity contribution in [3.05, 3.63) is 106 Å². The predicted octanol–water partition coefficient (Wildman–Crippen LogP) is 3.54. The first-order valence-corrected chi connectivity index (χ1v) is 13.6. The molecule has 0 radical (unpaired) electrons. The minimum Gasteiger partial charge on any atom is -0.478 e. The second kappa shape index (κ2) is 12.7. The van der Waals surface area contributed by atoms with Crippen LogP contribution < -0.4 is 11.1 Å². The van der Waals surface area contributed by atoms with Gasteiger partial charge in [0.15, 0.2) is 0 Å². The molecule has 4 N–H and O–H groups in total. The minimum atomic E-state index is -1.09. The predicted molar refractivity (Wildman–Crippen MR) is 158 cm³/mol. The summed E-state index contributed by atoms with van der Waals surface area (Å²) in [4.78, 5) is 51.9. The number of amides is 3. The Bertz CT molecular complexity index is 1690. The van der Waals surface area contributed by atoms with E-state index in [1.54, 1.807) is 48.5 Å². The van der Waals surface area contributed by atoms with Crippen LogP contribution in [0.4, 0.5) is 5.69 Å². The normalized spacial score (nSPS) is 16.6. The Kier molecular flexibility index (Phi) is 8.58. The second-order valence-electron chi connectivity index (χ2n) is 9.87. The fourth-order valence-corrected chi connectivity index (χ4v) is 5.30. The number of aromatic carboxylic acids is 1. The number of nitrogens with zero attached hydrogens (tertiary/aromatic N) is 5. The number of primary amides is 1. The summed E-state index contributed by atoms with van der Waals surface area (Å²) in [6, 6.07) is 16.6. The molecular formula is C30H26ClN7O5. The molecule has 13 heteroatoms. The Balaban J connectivity index is 1.46. The lowest BCUT2D eigenvalue weighted by Crippen LogP contribution is -2.53. The summed E-state index contributed by atoms with van der Waals surface area (Å²) in [6.45, 7) is 0.324. The molecule has 1 aliphatic heterocycles. The zero-order valence-corrected chi connectivity index (χ0v) is 23.4. The molecule has 1 fully saturated rings. The number of benzene rings is 3. The fraction of sp³-hybridized carbons (Fsp3) is 0.167. The van der Waals surface area contributed by atoms with E-state index in [-0.39, 0.29) is 5.56 Å². The minimum absolute atomic E-state index is 0.0760. The molecule has 0 saturated carbocycles. The van der Waals surface area contributed by atoms with Gasteiger partial charge in [-0.15, -0.1) is 5.10 Å². The van der Waals surface area contributed by atoms with E-state index in [9.17, 15) is 24.3 Å². The van der Waals surface area contributed by atoms with Crippen LogP contribution in [0.15, 0.2) is 79.1 Å². The Morgan fingerprint density at radius 1 is 1.00 bits per heavy atom. The molecule has 3 amide bonds. The van der Waals surface area contributed by atoms with Crippen LogP contribution in [0.2, 0.25) is 5.02 Å². The number of aromatic nitrogens is 4. The SMILES string of the molecule is NC(=O)c1ccc(C2CCCN(C(=O)C=Cc3cc(Cl)ccc3-n3cnnn3)C2C(=O)Nc2ccc(C(=O)O)cc2)cc1. The van der Waals surface area contributed by atoms with Crippen molar-refractivity contribution < 1.29 is 24.3 Å². The molecule has 2 atom stereocenters. The number of hydrogen-bond acceptors (Lipinski definition) is 7. The number of nitrogens with one attached hydrogen (secondary N) is 1. The third kappa shape index (κ3) is 6.60. The van der Waals surface area contributed by atoms with Crippen molar-refractivity contribution in [3.63, 3.8) is 0 Å². The first-order chi connectivity index (χ1) is 20.7. The molecule has 1 aromatic heterocycles. The van der Waals surface area contributed by atoms with E-state index in [4.69, 9.17) is 17.3 Å². The van der Waals surface area contributed by atoms with Crippen molar-refractivity contribution in [2.24, 2.45) is 5.73 Å². The molecule has 2 heterocycles. The maximum atomic E-state index is 13.8. The Morgan fingerprint density at radius 2 is 1.72 bits per heavy atom. The van der Waals surface area contributed by atoms with Crippen LogP contribution in [0.1, 0.15) is 50.6 Å². The van der Waals surface area contributed by atoms with Crippen LogP contribution in [0, 0.1) is 0 Å². The highest BCUT2D eigenvalue weighted by atomic mass is 35.5. The lowest BCUT2D eigenvalue weighted by Gasteiger charge is -2.40. The summed E-state index contributed by atoms with van der Waals surface area (Å²) in [7, 11) is 0. The summed E-state index contributed by atoms with van der Waals surface area (Å²) < 4.78 is 1.44. The van der Waals surface area contributed by atoms with Crippen molar-refractivity contribution in [3.8, 4) is 5.69 Å². The fourth-order valence-electron chi connectivity index (χ4n) is 5.12. The van der Waals surface area contributed by atoms with Gasteiger partial charge in [0, 0.05) is 40.4 Å². The topological polar surface area (TPSA) is 173 Å². The lowest BCUT2D eigenvalue weighted by atomic mass is 9.82. The van der Waals surface area contributed by atoms with E-state index in [2.05, 4.69) is 20.8 Å². The van der Waals surface area contributed by atoms with Crippen LogP contribution in [0.25, 0.3) is 11.8 Å².